The van der Waals surface area contributed by atoms with E-state index in [2.05, 4.69) is 5.32 Å². The highest BCUT2D eigenvalue weighted by Gasteiger charge is 2.02. The Morgan fingerprint density at radius 3 is 2.71 bits per heavy atom. The molecular weight excluding hydrogens is 224 g/mol. The predicted octanol–water partition coefficient (Wildman–Crippen LogP) is 2.89. The van der Waals surface area contributed by atoms with Gasteiger partial charge in [-0.15, -0.1) is 0 Å². The van der Waals surface area contributed by atoms with E-state index in [-0.39, 0.29) is 0 Å². The van der Waals surface area contributed by atoms with Gasteiger partial charge in [0.15, 0.2) is 11.6 Å². The molecule has 2 aromatic rings. The molecule has 0 amide bonds. The van der Waals surface area contributed by atoms with Gasteiger partial charge < -0.3 is 9.73 Å². The van der Waals surface area contributed by atoms with Crippen molar-refractivity contribution < 1.29 is 13.2 Å². The summed E-state index contributed by atoms with van der Waals surface area (Å²) in [5.41, 5.74) is 0.774. The number of rotatable bonds is 5. The highest BCUT2D eigenvalue weighted by molar-refractivity contribution is 5.18. The Kier molecular flexibility index (Phi) is 3.88. The fourth-order valence-corrected chi connectivity index (χ4v) is 1.55. The van der Waals surface area contributed by atoms with Crippen LogP contribution in [0.1, 0.15) is 11.3 Å². The molecule has 2 nitrogen and oxygen atoms in total. The molecule has 1 N–H and O–H groups in total. The van der Waals surface area contributed by atoms with Crippen LogP contribution in [0.3, 0.4) is 0 Å². The predicted molar refractivity (Wildman–Crippen MR) is 60.5 cm³/mol. The average Bonchev–Trinajstić information content (AvgIpc) is 2.82. The lowest BCUT2D eigenvalue weighted by atomic mass is 10.1. The molecule has 0 aliphatic heterocycles. The Hall–Kier alpha value is -1.68. The molecule has 0 saturated heterocycles. The van der Waals surface area contributed by atoms with Crippen molar-refractivity contribution in [2.45, 2.75) is 13.0 Å². The Morgan fingerprint density at radius 1 is 1.12 bits per heavy atom. The van der Waals surface area contributed by atoms with Crippen molar-refractivity contribution in [2.24, 2.45) is 0 Å². The third kappa shape index (κ3) is 3.39. The zero-order valence-corrected chi connectivity index (χ0v) is 9.25. The summed E-state index contributed by atoms with van der Waals surface area (Å²) in [6.07, 6.45) is 2.27. The van der Waals surface area contributed by atoms with Crippen molar-refractivity contribution in [1.29, 1.82) is 0 Å². The fraction of sp³-hybridized carbons (Fsp3) is 0.231. The zero-order chi connectivity index (χ0) is 12.1. The van der Waals surface area contributed by atoms with E-state index in [1.807, 2.05) is 12.1 Å². The van der Waals surface area contributed by atoms with E-state index in [4.69, 9.17) is 4.42 Å². The van der Waals surface area contributed by atoms with Crippen molar-refractivity contribution in [3.8, 4) is 0 Å². The zero-order valence-electron chi connectivity index (χ0n) is 9.25. The summed E-state index contributed by atoms with van der Waals surface area (Å²) in [5, 5.41) is 3.16. The van der Waals surface area contributed by atoms with Gasteiger partial charge in [-0.2, -0.15) is 0 Å². The lowest BCUT2D eigenvalue weighted by Crippen LogP contribution is -2.16. The normalized spacial score (nSPS) is 10.7. The van der Waals surface area contributed by atoms with Crippen molar-refractivity contribution in [1.82, 2.24) is 5.32 Å². The van der Waals surface area contributed by atoms with Gasteiger partial charge in [-0.3, -0.25) is 0 Å². The summed E-state index contributed by atoms with van der Waals surface area (Å²) in [4.78, 5) is 0. The second kappa shape index (κ2) is 5.59. The average molecular weight is 237 g/mol. The van der Waals surface area contributed by atoms with E-state index in [0.717, 1.165) is 17.4 Å². The maximum atomic E-state index is 12.9. The Labute approximate surface area is 98.3 Å². The molecular formula is C13H13F2NO. The molecule has 0 fully saturated rings. The van der Waals surface area contributed by atoms with Crippen molar-refractivity contribution in [3.63, 3.8) is 0 Å². The van der Waals surface area contributed by atoms with E-state index < -0.39 is 11.6 Å². The molecule has 4 heteroatoms. The van der Waals surface area contributed by atoms with Crippen LogP contribution >= 0.6 is 0 Å². The number of hydrogen-bond acceptors (Lipinski definition) is 2. The van der Waals surface area contributed by atoms with Gasteiger partial charge in [-0.1, -0.05) is 6.07 Å². The van der Waals surface area contributed by atoms with Crippen LogP contribution < -0.4 is 5.32 Å². The van der Waals surface area contributed by atoms with Gasteiger partial charge in [0.1, 0.15) is 5.76 Å². The summed E-state index contributed by atoms with van der Waals surface area (Å²) in [7, 11) is 0. The van der Waals surface area contributed by atoms with Gasteiger partial charge in [0.2, 0.25) is 0 Å². The summed E-state index contributed by atoms with van der Waals surface area (Å²) in [5.74, 6) is -0.749. The molecule has 0 radical (unpaired) electrons. The highest BCUT2D eigenvalue weighted by atomic mass is 19.2. The first-order chi connectivity index (χ1) is 8.25. The maximum Gasteiger partial charge on any atom is 0.159 e. The van der Waals surface area contributed by atoms with Crippen LogP contribution in [0.15, 0.2) is 41.0 Å². The smallest absolute Gasteiger partial charge is 0.159 e. The summed E-state index contributed by atoms with van der Waals surface area (Å²) in [6.45, 7) is 1.32. The van der Waals surface area contributed by atoms with E-state index in [1.54, 1.807) is 12.3 Å². The molecule has 0 bridgehead atoms. The van der Waals surface area contributed by atoms with Crippen molar-refractivity contribution in [2.75, 3.05) is 6.54 Å². The molecule has 1 aromatic carbocycles. The number of hydrogen-bond donors (Lipinski definition) is 1. The summed E-state index contributed by atoms with van der Waals surface area (Å²) < 4.78 is 30.7. The number of nitrogens with one attached hydrogen (secondary N) is 1. The van der Waals surface area contributed by atoms with Crippen LogP contribution in [0.25, 0.3) is 0 Å². The molecule has 1 heterocycles. The van der Waals surface area contributed by atoms with Crippen LogP contribution in [0, 0.1) is 11.6 Å². The largest absolute Gasteiger partial charge is 0.468 e. The van der Waals surface area contributed by atoms with Crippen LogP contribution in [-0.2, 0) is 13.0 Å². The minimum absolute atomic E-state index is 0.636. The van der Waals surface area contributed by atoms with Gasteiger partial charge in [-0.05, 0) is 42.8 Å². The van der Waals surface area contributed by atoms with Crippen molar-refractivity contribution >= 4 is 0 Å². The minimum Gasteiger partial charge on any atom is -0.468 e. The van der Waals surface area contributed by atoms with E-state index in [0.29, 0.717) is 19.5 Å². The van der Waals surface area contributed by atoms with Crippen LogP contribution in [0.4, 0.5) is 8.78 Å². The monoisotopic (exact) mass is 237 g/mol. The second-order valence-corrected chi connectivity index (χ2v) is 3.75. The Morgan fingerprint density at radius 2 is 2.00 bits per heavy atom. The summed E-state index contributed by atoms with van der Waals surface area (Å²) >= 11 is 0. The SMILES string of the molecule is Fc1ccc(CCNCc2ccco2)cc1F. The Bertz CT molecular complexity index is 468. The van der Waals surface area contributed by atoms with Crippen LogP contribution in [0.5, 0.6) is 0 Å². The Balaban J connectivity index is 1.76. The van der Waals surface area contributed by atoms with Gasteiger partial charge >= 0.3 is 0 Å². The van der Waals surface area contributed by atoms with Gasteiger partial charge in [0.05, 0.1) is 12.8 Å². The van der Waals surface area contributed by atoms with Crippen molar-refractivity contribution in [3.05, 3.63) is 59.6 Å². The standard InChI is InChI=1S/C13H13F2NO/c14-12-4-3-10(8-13(12)15)5-6-16-9-11-2-1-7-17-11/h1-4,7-8,16H,5-6,9H2. The molecule has 0 saturated carbocycles. The lowest BCUT2D eigenvalue weighted by Gasteiger charge is -2.03. The highest BCUT2D eigenvalue weighted by Crippen LogP contribution is 2.08. The first-order valence-corrected chi connectivity index (χ1v) is 5.43. The molecule has 90 valence electrons. The molecule has 0 spiro atoms. The van der Waals surface area contributed by atoms with Gasteiger partial charge in [-0.25, -0.2) is 8.78 Å². The molecule has 0 aliphatic rings. The molecule has 0 aliphatic carbocycles. The third-order valence-electron chi connectivity index (χ3n) is 2.45. The molecule has 0 atom stereocenters. The van der Waals surface area contributed by atoms with Crippen LogP contribution in [0.2, 0.25) is 0 Å². The molecule has 1 aromatic heterocycles. The van der Waals surface area contributed by atoms with E-state index in [9.17, 15) is 8.78 Å². The topological polar surface area (TPSA) is 25.2 Å². The maximum absolute atomic E-state index is 12.9. The van der Waals surface area contributed by atoms with Gasteiger partial charge in [0, 0.05) is 0 Å². The molecule has 2 rings (SSSR count). The third-order valence-corrected chi connectivity index (χ3v) is 2.45. The fourth-order valence-electron chi connectivity index (χ4n) is 1.55. The first-order valence-electron chi connectivity index (χ1n) is 5.43. The minimum atomic E-state index is -0.808. The number of benzene rings is 1. The van der Waals surface area contributed by atoms with Gasteiger partial charge in [0.25, 0.3) is 0 Å². The summed E-state index contributed by atoms with van der Waals surface area (Å²) in [6, 6.07) is 7.67. The lowest BCUT2D eigenvalue weighted by molar-refractivity contribution is 0.483. The number of furan rings is 1. The number of halogens is 2. The molecule has 17 heavy (non-hydrogen) atoms. The molecule has 0 unspecified atom stereocenters. The quantitative estimate of drug-likeness (QED) is 0.809. The second-order valence-electron chi connectivity index (χ2n) is 3.75. The van der Waals surface area contributed by atoms with E-state index >= 15 is 0 Å². The first kappa shape index (κ1) is 11.8. The van der Waals surface area contributed by atoms with E-state index in [1.165, 1.54) is 6.07 Å². The van der Waals surface area contributed by atoms with Crippen LogP contribution in [-0.4, -0.2) is 6.54 Å².